The van der Waals surface area contributed by atoms with Gasteiger partial charge in [-0.15, -0.1) is 0 Å². The summed E-state index contributed by atoms with van der Waals surface area (Å²) in [5.41, 5.74) is -0.448. The van der Waals surface area contributed by atoms with Gasteiger partial charge in [0.25, 0.3) is 5.70 Å². The third-order valence-corrected chi connectivity index (χ3v) is 5.04. The first-order valence-electron chi connectivity index (χ1n) is 6.91. The molecule has 0 saturated heterocycles. The van der Waals surface area contributed by atoms with Crippen LogP contribution in [0.15, 0.2) is 51.9 Å². The predicted molar refractivity (Wildman–Crippen MR) is 86.4 cm³/mol. The van der Waals surface area contributed by atoms with Crippen LogP contribution >= 0.6 is 0 Å². The summed E-state index contributed by atoms with van der Waals surface area (Å²) in [7, 11) is -3.50. The third-order valence-electron chi connectivity index (χ3n) is 3.24. The number of aromatic hydroxyl groups is 1. The normalized spacial score (nSPS) is 16.1. The molecule has 0 amide bonds. The largest absolute Gasteiger partial charge is 0.507 e. The molecule has 0 radical (unpaired) electrons. The monoisotopic (exact) mass is 367 g/mol. The molecule has 25 heavy (non-hydrogen) atoms. The molecule has 9 nitrogen and oxygen atoms in total. The zero-order valence-electron chi connectivity index (χ0n) is 12.9. The highest BCUT2D eigenvalue weighted by molar-refractivity contribution is 8.00. The minimum atomic E-state index is -3.50. The number of nitro groups is 1. The van der Waals surface area contributed by atoms with Gasteiger partial charge in [0, 0.05) is 12.1 Å². The Kier molecular flexibility index (Phi) is 4.93. The number of hydrogen-bond donors (Lipinski definition) is 2. The highest BCUT2D eigenvalue weighted by Gasteiger charge is 2.39. The fourth-order valence-electron chi connectivity index (χ4n) is 2.11. The molecular weight excluding hydrogens is 354 g/mol. The van der Waals surface area contributed by atoms with Gasteiger partial charge in [-0.3, -0.25) is 10.1 Å². The molecule has 2 heterocycles. The number of benzene rings is 1. The Labute approximate surface area is 142 Å². The van der Waals surface area contributed by atoms with Crippen LogP contribution < -0.4 is 4.74 Å². The summed E-state index contributed by atoms with van der Waals surface area (Å²) >= 11 is 0. The summed E-state index contributed by atoms with van der Waals surface area (Å²) in [5, 5.41) is 28.1. The van der Waals surface area contributed by atoms with E-state index in [4.69, 9.17) is 9.84 Å². The van der Waals surface area contributed by atoms with E-state index in [-0.39, 0.29) is 26.8 Å². The molecule has 2 aliphatic rings. The van der Waals surface area contributed by atoms with Crippen LogP contribution in [-0.2, 0) is 9.84 Å². The molecule has 0 atom stereocenters. The van der Waals surface area contributed by atoms with Crippen LogP contribution in [0.2, 0.25) is 0 Å². The van der Waals surface area contributed by atoms with Gasteiger partial charge in [-0.05, 0) is 31.2 Å². The van der Waals surface area contributed by atoms with Gasteiger partial charge in [0.2, 0.25) is 9.84 Å². The lowest BCUT2D eigenvalue weighted by molar-refractivity contribution is -0.419. The molecule has 0 spiro atoms. The molecular formula is C15H13NO8S. The van der Waals surface area contributed by atoms with Crippen molar-refractivity contribution in [1.82, 2.24) is 0 Å². The average molecular weight is 367 g/mol. The van der Waals surface area contributed by atoms with E-state index >= 15 is 0 Å². The Morgan fingerprint density at radius 2 is 2.00 bits per heavy atom. The maximum absolute atomic E-state index is 11.2. The number of phenols is 1. The molecule has 3 rings (SSSR count). The summed E-state index contributed by atoms with van der Waals surface area (Å²) < 4.78 is 27.4. The van der Waals surface area contributed by atoms with Gasteiger partial charge in [0.15, 0.2) is 0 Å². The highest BCUT2D eigenvalue weighted by Crippen LogP contribution is 2.37. The molecule has 10 heteroatoms. The van der Waals surface area contributed by atoms with Crippen molar-refractivity contribution in [3.63, 3.8) is 0 Å². The van der Waals surface area contributed by atoms with Crippen molar-refractivity contribution in [1.29, 1.82) is 0 Å². The topological polar surface area (TPSA) is 144 Å². The second kappa shape index (κ2) is 6.77. The Hall–Kier alpha value is -3.14. The van der Waals surface area contributed by atoms with Gasteiger partial charge >= 0.3 is 5.97 Å². The van der Waals surface area contributed by atoms with Crippen molar-refractivity contribution >= 4 is 15.8 Å². The van der Waals surface area contributed by atoms with Crippen molar-refractivity contribution in [2.45, 2.75) is 6.92 Å². The van der Waals surface area contributed by atoms with E-state index in [0.717, 1.165) is 6.08 Å². The van der Waals surface area contributed by atoms with E-state index in [1.54, 1.807) is 0 Å². The molecule has 2 aliphatic heterocycles. The Bertz CT molecular complexity index is 940. The van der Waals surface area contributed by atoms with Gasteiger partial charge < -0.3 is 14.9 Å². The lowest BCUT2D eigenvalue weighted by atomic mass is 10.2. The van der Waals surface area contributed by atoms with Crippen molar-refractivity contribution < 1.29 is 33.1 Å². The quantitative estimate of drug-likeness (QED) is 0.606. The number of carboxylic acid groups (broad SMARTS) is 1. The number of carboxylic acids is 1. The molecule has 0 unspecified atom stereocenters. The summed E-state index contributed by atoms with van der Waals surface area (Å²) in [6, 6.07) is 4.10. The molecule has 0 saturated carbocycles. The minimum absolute atomic E-state index is 0.0178. The lowest BCUT2D eigenvalue weighted by Gasteiger charge is -2.04. The molecule has 1 aromatic carbocycles. The summed E-state index contributed by atoms with van der Waals surface area (Å²) in [6.45, 7) is 2.29. The summed E-state index contributed by atoms with van der Waals surface area (Å²) in [4.78, 5) is 19.9. The van der Waals surface area contributed by atoms with Crippen LogP contribution in [0.4, 0.5) is 0 Å². The fourth-order valence-corrected chi connectivity index (χ4v) is 3.53. The van der Waals surface area contributed by atoms with Gasteiger partial charge in [0.05, 0.1) is 16.4 Å². The number of nitrogens with zero attached hydrogens (tertiary/aromatic N) is 1. The highest BCUT2D eigenvalue weighted by atomic mass is 32.2. The first-order chi connectivity index (χ1) is 11.7. The van der Waals surface area contributed by atoms with Crippen LogP contribution in [0.3, 0.4) is 0 Å². The predicted octanol–water partition coefficient (Wildman–Crippen LogP) is 1.85. The zero-order chi connectivity index (χ0) is 18.8. The molecule has 2 bridgehead atoms. The maximum atomic E-state index is 11.2. The van der Waals surface area contributed by atoms with E-state index < -0.39 is 20.7 Å². The van der Waals surface area contributed by atoms with E-state index in [1.165, 1.54) is 30.4 Å². The molecule has 0 fully saturated rings. The number of sulfone groups is 1. The van der Waals surface area contributed by atoms with E-state index in [2.05, 4.69) is 0 Å². The van der Waals surface area contributed by atoms with Crippen LogP contribution in [-0.4, -0.2) is 36.1 Å². The second-order valence-electron chi connectivity index (χ2n) is 4.81. The first-order valence-corrected chi connectivity index (χ1v) is 8.39. The number of fused-ring (bicyclic) bond motifs is 2. The average Bonchev–Trinajstić information content (AvgIpc) is 2.96. The number of allylic oxidation sites excluding steroid dienone is 3. The van der Waals surface area contributed by atoms with Crippen LogP contribution in [0.5, 0.6) is 11.5 Å². The van der Waals surface area contributed by atoms with E-state index in [0.29, 0.717) is 12.4 Å². The SMILES string of the molecule is CCOc1ccc(C(=O)O)c(O)c1.O=[N+]([O-])C1=C2C=CC(=C1)S2(=O)=O. The standard InChI is InChI=1S/C9H10O4.C6H3NO4S/c1-2-13-6-3-4-7(9(11)12)8(10)5-6;8-7(9)5-3-4-1-2-6(5)12(4,10)11/h3-5,10H,2H2,1H3,(H,11,12);1-3H. The van der Waals surface area contributed by atoms with Gasteiger partial charge in [-0.2, -0.15) is 0 Å². The lowest BCUT2D eigenvalue weighted by Crippen LogP contribution is -1.99. The number of rotatable bonds is 4. The van der Waals surface area contributed by atoms with Crippen molar-refractivity contribution in [3.05, 3.63) is 67.6 Å². The van der Waals surface area contributed by atoms with Crippen LogP contribution in [0.25, 0.3) is 0 Å². The van der Waals surface area contributed by atoms with Crippen LogP contribution in [0, 0.1) is 10.1 Å². The van der Waals surface area contributed by atoms with E-state index in [1.807, 2.05) is 6.92 Å². The Morgan fingerprint density at radius 1 is 1.32 bits per heavy atom. The number of aromatic carboxylic acids is 1. The summed E-state index contributed by atoms with van der Waals surface area (Å²) in [6.07, 6.45) is 3.69. The maximum Gasteiger partial charge on any atom is 0.339 e. The summed E-state index contributed by atoms with van der Waals surface area (Å²) in [5.74, 6) is -0.969. The number of hydrogen-bond acceptors (Lipinski definition) is 7. The first kappa shape index (κ1) is 18.2. The zero-order valence-corrected chi connectivity index (χ0v) is 13.7. The third kappa shape index (κ3) is 3.53. The van der Waals surface area contributed by atoms with Gasteiger partial charge in [-0.1, -0.05) is 0 Å². The number of ether oxygens (including phenoxy) is 1. The second-order valence-corrected chi connectivity index (χ2v) is 6.73. The minimum Gasteiger partial charge on any atom is -0.507 e. The molecule has 2 N–H and O–H groups in total. The van der Waals surface area contributed by atoms with Crippen molar-refractivity contribution in [2.75, 3.05) is 6.61 Å². The van der Waals surface area contributed by atoms with Gasteiger partial charge in [-0.25, -0.2) is 13.2 Å². The van der Waals surface area contributed by atoms with Crippen molar-refractivity contribution in [3.8, 4) is 11.5 Å². The smallest absolute Gasteiger partial charge is 0.339 e. The molecule has 0 aromatic heterocycles. The molecule has 0 aliphatic carbocycles. The fraction of sp³-hybridized carbons (Fsp3) is 0.133. The van der Waals surface area contributed by atoms with Crippen molar-refractivity contribution in [2.24, 2.45) is 0 Å². The molecule has 132 valence electrons. The Balaban J connectivity index is 0.000000181. The molecule has 1 aromatic rings. The number of carbonyl (C=O) groups is 1. The van der Waals surface area contributed by atoms with Crippen LogP contribution in [0.1, 0.15) is 17.3 Å². The van der Waals surface area contributed by atoms with Gasteiger partial charge in [0.1, 0.15) is 22.0 Å². The Morgan fingerprint density at radius 3 is 2.36 bits per heavy atom. The van der Waals surface area contributed by atoms with E-state index in [9.17, 15) is 28.4 Å².